The molecule has 0 atom stereocenters. The van der Waals surface area contributed by atoms with E-state index in [2.05, 4.69) is 15.7 Å². The highest BCUT2D eigenvalue weighted by molar-refractivity contribution is 5.91. The van der Waals surface area contributed by atoms with Crippen LogP contribution in [0.25, 0.3) is 11.3 Å². The van der Waals surface area contributed by atoms with Crippen LogP contribution in [0, 0.1) is 0 Å². The minimum atomic E-state index is -0.533. The molecule has 0 aliphatic heterocycles. The van der Waals surface area contributed by atoms with E-state index in [9.17, 15) is 14.4 Å². The first-order chi connectivity index (χ1) is 16.3. The van der Waals surface area contributed by atoms with E-state index in [1.807, 2.05) is 49.3 Å². The van der Waals surface area contributed by atoms with Crippen LogP contribution in [0.5, 0.6) is 0 Å². The summed E-state index contributed by atoms with van der Waals surface area (Å²) in [5.41, 5.74) is 3.29. The van der Waals surface area contributed by atoms with Crippen LogP contribution < -0.4 is 16.2 Å². The van der Waals surface area contributed by atoms with Crippen LogP contribution in [-0.2, 0) is 16.1 Å². The summed E-state index contributed by atoms with van der Waals surface area (Å²) in [5.74, 6) is -0.0483. The molecule has 0 bridgehead atoms. The number of amides is 2. The van der Waals surface area contributed by atoms with Crippen LogP contribution in [-0.4, -0.2) is 53.9 Å². The lowest BCUT2D eigenvalue weighted by Gasteiger charge is -2.11. The van der Waals surface area contributed by atoms with Gasteiger partial charge in [-0.15, -0.1) is 0 Å². The van der Waals surface area contributed by atoms with E-state index < -0.39 is 6.09 Å². The Morgan fingerprint density at radius 2 is 1.76 bits per heavy atom. The van der Waals surface area contributed by atoms with E-state index >= 15 is 0 Å². The van der Waals surface area contributed by atoms with Gasteiger partial charge in [0.25, 0.3) is 5.56 Å². The Hall–Kier alpha value is -3.98. The third-order valence-electron chi connectivity index (χ3n) is 4.90. The molecule has 2 aromatic carbocycles. The van der Waals surface area contributed by atoms with Gasteiger partial charge in [0.15, 0.2) is 0 Å². The van der Waals surface area contributed by atoms with Gasteiger partial charge in [-0.1, -0.05) is 24.3 Å². The summed E-state index contributed by atoms with van der Waals surface area (Å²) in [6, 6.07) is 17.6. The highest BCUT2D eigenvalue weighted by Crippen LogP contribution is 2.19. The number of rotatable bonds is 9. The molecule has 34 heavy (non-hydrogen) atoms. The number of nitrogens with one attached hydrogen (secondary N) is 2. The fourth-order valence-electron chi connectivity index (χ4n) is 3.19. The number of nitrogens with zero attached hydrogens (tertiary/aromatic N) is 3. The van der Waals surface area contributed by atoms with Gasteiger partial charge in [0.05, 0.1) is 18.8 Å². The van der Waals surface area contributed by atoms with Gasteiger partial charge in [0.1, 0.15) is 0 Å². The highest BCUT2D eigenvalue weighted by Gasteiger charge is 2.08. The summed E-state index contributed by atoms with van der Waals surface area (Å²) in [6.45, 7) is 2.93. The van der Waals surface area contributed by atoms with Crippen molar-refractivity contribution in [2.75, 3.05) is 37.9 Å². The number of carbonyl (C=O) groups is 2. The van der Waals surface area contributed by atoms with Crippen LogP contribution in [0.15, 0.2) is 65.5 Å². The smallest absolute Gasteiger partial charge is 0.411 e. The Morgan fingerprint density at radius 1 is 1.00 bits per heavy atom. The fraction of sp³-hybridized carbons (Fsp3) is 0.280. The zero-order valence-corrected chi connectivity index (χ0v) is 19.6. The maximum atomic E-state index is 12.4. The van der Waals surface area contributed by atoms with Crippen molar-refractivity contribution in [2.45, 2.75) is 19.9 Å². The molecule has 9 heteroatoms. The lowest BCUT2D eigenvalue weighted by Crippen LogP contribution is -2.23. The molecule has 3 aromatic rings. The Kier molecular flexibility index (Phi) is 8.53. The van der Waals surface area contributed by atoms with Crippen molar-refractivity contribution in [1.82, 2.24) is 14.7 Å². The topological polar surface area (TPSA) is 106 Å². The quantitative estimate of drug-likeness (QED) is 0.504. The summed E-state index contributed by atoms with van der Waals surface area (Å²) in [5, 5.41) is 10.0. The number of carbonyl (C=O) groups excluding carboxylic acids is 2. The second-order valence-electron chi connectivity index (χ2n) is 7.94. The summed E-state index contributed by atoms with van der Waals surface area (Å²) < 4.78 is 6.27. The minimum Gasteiger partial charge on any atom is -0.450 e. The second-order valence-corrected chi connectivity index (χ2v) is 7.94. The van der Waals surface area contributed by atoms with Crippen molar-refractivity contribution < 1.29 is 14.3 Å². The second kappa shape index (κ2) is 11.8. The van der Waals surface area contributed by atoms with Crippen LogP contribution in [0.4, 0.5) is 16.2 Å². The standard InChI is InChI=1S/C25H29N5O4/c1-4-34-25(33)27-21-7-5-6-18(16-21)17-30-24(32)13-12-22(28-30)19-8-10-20(11-9-19)26-23(31)14-15-29(2)3/h5-13,16H,4,14-15,17H2,1-3H3,(H,26,31)(H,27,33). The number of aromatic nitrogens is 2. The number of hydrogen-bond acceptors (Lipinski definition) is 6. The van der Waals surface area contributed by atoms with Gasteiger partial charge in [0, 0.05) is 36.0 Å². The van der Waals surface area contributed by atoms with Crippen molar-refractivity contribution >= 4 is 23.4 Å². The van der Waals surface area contributed by atoms with Crippen molar-refractivity contribution in [3.05, 3.63) is 76.6 Å². The molecule has 1 aromatic heterocycles. The third kappa shape index (κ3) is 7.28. The number of anilines is 2. The maximum absolute atomic E-state index is 12.4. The first kappa shape index (κ1) is 24.7. The fourth-order valence-corrected chi connectivity index (χ4v) is 3.19. The van der Waals surface area contributed by atoms with Crippen molar-refractivity contribution in [3.8, 4) is 11.3 Å². The van der Waals surface area contributed by atoms with Gasteiger partial charge in [0.2, 0.25) is 5.91 Å². The molecule has 2 amide bonds. The molecule has 0 saturated heterocycles. The summed E-state index contributed by atoms with van der Waals surface area (Å²) >= 11 is 0. The lowest BCUT2D eigenvalue weighted by molar-refractivity contribution is -0.116. The predicted octanol–water partition coefficient (Wildman–Crippen LogP) is 3.42. The predicted molar refractivity (Wildman–Crippen MR) is 132 cm³/mol. The number of ether oxygens (including phenoxy) is 1. The van der Waals surface area contributed by atoms with Crippen LogP contribution in [0.1, 0.15) is 18.9 Å². The third-order valence-corrected chi connectivity index (χ3v) is 4.90. The average Bonchev–Trinajstić information content (AvgIpc) is 2.80. The monoisotopic (exact) mass is 463 g/mol. The molecular weight excluding hydrogens is 434 g/mol. The van der Waals surface area contributed by atoms with Gasteiger partial charge in [-0.3, -0.25) is 14.9 Å². The number of benzene rings is 2. The lowest BCUT2D eigenvalue weighted by atomic mass is 10.1. The molecule has 0 radical (unpaired) electrons. The summed E-state index contributed by atoms with van der Waals surface area (Å²) in [7, 11) is 3.84. The van der Waals surface area contributed by atoms with E-state index in [1.54, 1.807) is 31.2 Å². The van der Waals surface area contributed by atoms with Crippen LogP contribution in [0.3, 0.4) is 0 Å². The van der Waals surface area contributed by atoms with Crippen molar-refractivity contribution in [1.29, 1.82) is 0 Å². The number of hydrogen-bond donors (Lipinski definition) is 2. The van der Waals surface area contributed by atoms with E-state index in [0.29, 0.717) is 30.0 Å². The van der Waals surface area contributed by atoms with Crippen molar-refractivity contribution in [3.63, 3.8) is 0 Å². The van der Waals surface area contributed by atoms with E-state index in [0.717, 1.165) is 11.1 Å². The van der Waals surface area contributed by atoms with Gasteiger partial charge >= 0.3 is 6.09 Å². The molecule has 3 rings (SSSR count). The van der Waals surface area contributed by atoms with Gasteiger partial charge in [-0.05, 0) is 56.9 Å². The van der Waals surface area contributed by atoms with E-state index in [4.69, 9.17) is 4.74 Å². The molecule has 0 spiro atoms. The molecule has 9 nitrogen and oxygen atoms in total. The van der Waals surface area contributed by atoms with E-state index in [1.165, 1.54) is 10.7 Å². The average molecular weight is 464 g/mol. The molecule has 0 aliphatic carbocycles. The SMILES string of the molecule is CCOC(=O)Nc1cccc(Cn2nc(-c3ccc(NC(=O)CCN(C)C)cc3)ccc2=O)c1. The Labute approximate surface area is 198 Å². The van der Waals surface area contributed by atoms with Crippen molar-refractivity contribution in [2.24, 2.45) is 0 Å². The Bertz CT molecular complexity index is 1190. The van der Waals surface area contributed by atoms with Crippen LogP contribution in [0.2, 0.25) is 0 Å². The molecule has 0 aliphatic rings. The largest absolute Gasteiger partial charge is 0.450 e. The van der Waals surface area contributed by atoms with Gasteiger partial charge in [-0.25, -0.2) is 9.48 Å². The minimum absolute atomic E-state index is 0.0483. The molecule has 2 N–H and O–H groups in total. The zero-order chi connectivity index (χ0) is 24.5. The Balaban J connectivity index is 1.71. The molecule has 178 valence electrons. The maximum Gasteiger partial charge on any atom is 0.411 e. The molecule has 0 fully saturated rings. The normalized spacial score (nSPS) is 10.7. The molecule has 1 heterocycles. The Morgan fingerprint density at radius 3 is 2.47 bits per heavy atom. The first-order valence-electron chi connectivity index (χ1n) is 11.0. The van der Waals surface area contributed by atoms with Crippen LogP contribution >= 0.6 is 0 Å². The first-order valence-corrected chi connectivity index (χ1v) is 11.0. The molecule has 0 saturated carbocycles. The molecular formula is C25H29N5O4. The van der Waals surface area contributed by atoms with Gasteiger partial charge in [-0.2, -0.15) is 5.10 Å². The molecule has 0 unspecified atom stereocenters. The summed E-state index contributed by atoms with van der Waals surface area (Å²) in [6.07, 6.45) is -0.119. The van der Waals surface area contributed by atoms with Gasteiger partial charge < -0.3 is 15.0 Å². The zero-order valence-electron chi connectivity index (χ0n) is 19.6. The summed E-state index contributed by atoms with van der Waals surface area (Å²) in [4.78, 5) is 38.0. The highest BCUT2D eigenvalue weighted by atomic mass is 16.5. The van der Waals surface area contributed by atoms with E-state index in [-0.39, 0.29) is 24.6 Å².